The number of hydrogen-bond acceptors (Lipinski definition) is 4. The van der Waals surface area contributed by atoms with Crippen molar-refractivity contribution in [2.24, 2.45) is 0 Å². The van der Waals surface area contributed by atoms with Gasteiger partial charge in [0.05, 0.1) is 10.8 Å². The molecule has 0 spiro atoms. The maximum Gasteiger partial charge on any atom is 0.303 e. The molecule has 0 radical (unpaired) electrons. The third kappa shape index (κ3) is 4.88. The van der Waals surface area contributed by atoms with E-state index in [1.807, 2.05) is 28.2 Å². The number of nitrogens with zero attached hydrogens (tertiary/aromatic N) is 2. The number of carboxylic acids is 1. The summed E-state index contributed by atoms with van der Waals surface area (Å²) in [6.45, 7) is 0.790. The van der Waals surface area contributed by atoms with Crippen LogP contribution >= 0.6 is 0 Å². The average Bonchev–Trinajstić information content (AvgIpc) is 2.68. The van der Waals surface area contributed by atoms with E-state index >= 15 is 0 Å². The van der Waals surface area contributed by atoms with Crippen molar-refractivity contribution in [2.45, 2.75) is 25.7 Å². The summed E-state index contributed by atoms with van der Waals surface area (Å²) in [4.78, 5) is 18.4. The predicted octanol–water partition coefficient (Wildman–Crippen LogP) is 2.34. The van der Waals surface area contributed by atoms with Crippen LogP contribution in [0, 0.1) is 0 Å². The number of anilines is 2. The van der Waals surface area contributed by atoms with Gasteiger partial charge in [0.25, 0.3) is 0 Å². The first-order chi connectivity index (χ1) is 13.9. The van der Waals surface area contributed by atoms with Gasteiger partial charge in [-0.25, -0.2) is 4.99 Å². The second-order valence-electron chi connectivity index (χ2n) is 7.76. The van der Waals surface area contributed by atoms with Crippen LogP contribution in [-0.4, -0.2) is 45.8 Å². The van der Waals surface area contributed by atoms with Crippen LogP contribution in [0.15, 0.2) is 40.8 Å². The summed E-state index contributed by atoms with van der Waals surface area (Å²) >= 11 is 0. The SMILES string of the molecule is CN(C)c1ccc2c(=[NH+]CCCCCC(=O)O)c3ccc(N(C)C)cc3oc2c1. The molecule has 154 valence electrons. The van der Waals surface area contributed by atoms with Crippen LogP contribution < -0.4 is 20.1 Å². The molecule has 6 nitrogen and oxygen atoms in total. The molecule has 0 saturated carbocycles. The van der Waals surface area contributed by atoms with Crippen LogP contribution in [0.1, 0.15) is 25.7 Å². The number of fused-ring (bicyclic) bond motifs is 2. The molecule has 1 heterocycles. The molecular weight excluding hydrogens is 366 g/mol. The van der Waals surface area contributed by atoms with E-state index in [2.05, 4.69) is 51.2 Å². The molecule has 3 rings (SSSR count). The van der Waals surface area contributed by atoms with E-state index < -0.39 is 5.97 Å². The van der Waals surface area contributed by atoms with Gasteiger partial charge in [0, 0.05) is 64.5 Å². The van der Waals surface area contributed by atoms with Gasteiger partial charge >= 0.3 is 5.97 Å². The summed E-state index contributed by atoms with van der Waals surface area (Å²) in [5, 5.41) is 11.9. The number of aliphatic carboxylic acids is 1. The molecule has 0 aliphatic rings. The molecule has 2 aromatic carbocycles. The van der Waals surface area contributed by atoms with Crippen molar-refractivity contribution in [2.75, 3.05) is 44.5 Å². The standard InChI is InChI=1S/C23H29N3O3/c1-25(2)16-9-11-18-20(14-16)29-21-15-17(26(3)4)10-12-19(21)23(18)24-13-7-5-6-8-22(27)28/h9-12,14-15H,5-8,13H2,1-4H3,(H,27,28)/p+1. The molecular formula is C23H30N3O3+. The van der Waals surface area contributed by atoms with Crippen molar-refractivity contribution < 1.29 is 19.3 Å². The summed E-state index contributed by atoms with van der Waals surface area (Å²) < 4.78 is 6.28. The molecule has 2 N–H and O–H groups in total. The van der Waals surface area contributed by atoms with E-state index in [1.54, 1.807) is 0 Å². The second-order valence-corrected chi connectivity index (χ2v) is 7.76. The summed E-state index contributed by atoms with van der Waals surface area (Å²) in [6.07, 6.45) is 2.76. The predicted molar refractivity (Wildman–Crippen MR) is 117 cm³/mol. The molecule has 3 aromatic rings. The highest BCUT2D eigenvalue weighted by Crippen LogP contribution is 2.25. The van der Waals surface area contributed by atoms with Crippen molar-refractivity contribution in [3.05, 3.63) is 41.8 Å². The van der Waals surface area contributed by atoms with Gasteiger partial charge in [0.15, 0.2) is 0 Å². The van der Waals surface area contributed by atoms with E-state index in [9.17, 15) is 4.79 Å². The lowest BCUT2D eigenvalue weighted by Gasteiger charge is -2.14. The lowest BCUT2D eigenvalue weighted by molar-refractivity contribution is -0.498. The van der Waals surface area contributed by atoms with Crippen LogP contribution in [0.3, 0.4) is 0 Å². The van der Waals surface area contributed by atoms with Crippen LogP contribution in [0.5, 0.6) is 0 Å². The highest BCUT2D eigenvalue weighted by Gasteiger charge is 2.12. The Balaban J connectivity index is 2.05. The van der Waals surface area contributed by atoms with E-state index in [4.69, 9.17) is 9.52 Å². The van der Waals surface area contributed by atoms with Gasteiger partial charge in [-0.2, -0.15) is 0 Å². The van der Waals surface area contributed by atoms with Crippen molar-refractivity contribution >= 4 is 39.3 Å². The number of unbranched alkanes of at least 4 members (excludes halogenated alkanes) is 2. The van der Waals surface area contributed by atoms with Crippen LogP contribution in [0.4, 0.5) is 11.4 Å². The Labute approximate surface area is 171 Å². The molecule has 0 unspecified atom stereocenters. The number of benzene rings is 2. The largest absolute Gasteiger partial charge is 0.481 e. The zero-order valence-corrected chi connectivity index (χ0v) is 17.7. The zero-order chi connectivity index (χ0) is 21.0. The first-order valence-electron chi connectivity index (χ1n) is 10.0. The van der Waals surface area contributed by atoms with Crippen molar-refractivity contribution in [1.82, 2.24) is 0 Å². The molecule has 0 saturated heterocycles. The summed E-state index contributed by atoms with van der Waals surface area (Å²) in [7, 11) is 8.07. The van der Waals surface area contributed by atoms with Gasteiger partial charge in [-0.3, -0.25) is 4.79 Å². The molecule has 0 fully saturated rings. The third-order valence-electron chi connectivity index (χ3n) is 5.09. The fourth-order valence-corrected chi connectivity index (χ4v) is 3.41. The lowest BCUT2D eigenvalue weighted by atomic mass is 10.1. The topological polar surface area (TPSA) is 70.9 Å². The highest BCUT2D eigenvalue weighted by atomic mass is 16.4. The van der Waals surface area contributed by atoms with E-state index in [0.29, 0.717) is 6.42 Å². The quantitative estimate of drug-likeness (QED) is 0.452. The fourth-order valence-electron chi connectivity index (χ4n) is 3.41. The monoisotopic (exact) mass is 396 g/mol. The van der Waals surface area contributed by atoms with Gasteiger partial charge < -0.3 is 19.3 Å². The van der Waals surface area contributed by atoms with Crippen molar-refractivity contribution in [3.63, 3.8) is 0 Å². The van der Waals surface area contributed by atoms with Crippen molar-refractivity contribution in [1.29, 1.82) is 0 Å². The van der Waals surface area contributed by atoms with E-state index in [1.165, 1.54) is 0 Å². The lowest BCUT2D eigenvalue weighted by Crippen LogP contribution is -2.76. The summed E-state index contributed by atoms with van der Waals surface area (Å²) in [5.41, 5.74) is 3.86. The molecule has 0 aliphatic heterocycles. The maximum atomic E-state index is 10.7. The molecule has 0 amide bonds. The van der Waals surface area contributed by atoms with Gasteiger partial charge in [-0.05, 0) is 37.1 Å². The molecule has 0 atom stereocenters. The number of nitrogens with one attached hydrogen (secondary N) is 1. The Morgan fingerprint density at radius 2 is 1.45 bits per heavy atom. The molecule has 29 heavy (non-hydrogen) atoms. The van der Waals surface area contributed by atoms with E-state index in [0.717, 1.165) is 58.1 Å². The van der Waals surface area contributed by atoms with Gasteiger partial charge in [0.1, 0.15) is 17.7 Å². The molecule has 6 heteroatoms. The van der Waals surface area contributed by atoms with Crippen molar-refractivity contribution in [3.8, 4) is 0 Å². The minimum absolute atomic E-state index is 0.233. The normalized spacial score (nSPS) is 11.0. The molecule has 0 aliphatic carbocycles. The minimum atomic E-state index is -0.729. The van der Waals surface area contributed by atoms with Gasteiger partial charge in [0.2, 0.25) is 5.36 Å². The molecule has 1 aromatic heterocycles. The van der Waals surface area contributed by atoms with Crippen LogP contribution in [-0.2, 0) is 4.79 Å². The number of rotatable bonds is 8. The van der Waals surface area contributed by atoms with Crippen LogP contribution in [0.2, 0.25) is 0 Å². The Morgan fingerprint density at radius 3 is 1.93 bits per heavy atom. The van der Waals surface area contributed by atoms with Gasteiger partial charge in [-0.1, -0.05) is 0 Å². The number of hydrogen-bond donors (Lipinski definition) is 2. The Kier molecular flexibility index (Phi) is 6.42. The van der Waals surface area contributed by atoms with Crippen LogP contribution in [0.25, 0.3) is 21.9 Å². The summed E-state index contributed by atoms with van der Waals surface area (Å²) in [6, 6.07) is 12.5. The van der Waals surface area contributed by atoms with E-state index in [-0.39, 0.29) is 6.42 Å². The maximum absolute atomic E-state index is 10.7. The van der Waals surface area contributed by atoms with Gasteiger partial charge in [-0.15, -0.1) is 0 Å². The third-order valence-corrected chi connectivity index (χ3v) is 5.09. The summed E-state index contributed by atoms with van der Waals surface area (Å²) in [5.74, 6) is -0.729. The Morgan fingerprint density at radius 1 is 0.897 bits per heavy atom. The number of carbonyl (C=O) groups is 1. The molecule has 0 bridgehead atoms. The first-order valence-corrected chi connectivity index (χ1v) is 10.0. The Hall–Kier alpha value is -3.02. The average molecular weight is 397 g/mol. The number of carboxylic acid groups (broad SMARTS) is 1. The minimum Gasteiger partial charge on any atom is -0.481 e. The highest BCUT2D eigenvalue weighted by molar-refractivity contribution is 5.91. The zero-order valence-electron chi connectivity index (χ0n) is 17.7. The smallest absolute Gasteiger partial charge is 0.303 e. The fraction of sp³-hybridized carbons (Fsp3) is 0.391. The Bertz CT molecular complexity index is 1010. The first kappa shape index (κ1) is 20.7. The second kappa shape index (κ2) is 8.99.